The van der Waals surface area contributed by atoms with Gasteiger partial charge in [0.15, 0.2) is 0 Å². The van der Waals surface area contributed by atoms with Crippen LogP contribution in [0, 0.1) is 5.41 Å². The molecule has 132 valence electrons. The fraction of sp³-hybridized carbons (Fsp3) is 0.933. The first-order valence-electron chi connectivity index (χ1n) is 7.74. The van der Waals surface area contributed by atoms with Gasteiger partial charge in [-0.25, -0.2) is 0 Å². The van der Waals surface area contributed by atoms with Gasteiger partial charge in [0.1, 0.15) is 0 Å². The minimum atomic E-state index is 0. The van der Waals surface area contributed by atoms with Crippen LogP contribution < -0.4 is 11.1 Å². The van der Waals surface area contributed by atoms with Crippen LogP contribution in [0.4, 0.5) is 0 Å². The minimum Gasteiger partial charge on any atom is -0.381 e. The normalized spacial score (nSPS) is 10.8. The molecule has 0 fully saturated rings. The second-order valence-corrected chi connectivity index (χ2v) is 8.20. The fourth-order valence-electron chi connectivity index (χ4n) is 1.17. The molecule has 0 aliphatic heterocycles. The number of amides is 1. The Balaban J connectivity index is -0.000000432. The van der Waals surface area contributed by atoms with Crippen LogP contribution >= 0.6 is 21.6 Å². The van der Waals surface area contributed by atoms with E-state index in [1.165, 1.54) is 0 Å². The van der Waals surface area contributed by atoms with Gasteiger partial charge in [0.25, 0.3) is 0 Å². The van der Waals surface area contributed by atoms with E-state index in [0.717, 1.165) is 24.5 Å². The Bertz CT molecular complexity index is 244. The average Bonchev–Trinajstić information content (AvgIpc) is 2.43. The van der Waals surface area contributed by atoms with E-state index >= 15 is 0 Å². The smallest absolute Gasteiger partial charge is 0.220 e. The van der Waals surface area contributed by atoms with Gasteiger partial charge in [-0.3, -0.25) is 4.79 Å². The summed E-state index contributed by atoms with van der Waals surface area (Å²) in [4.78, 5) is 11.5. The minimum absolute atomic E-state index is 0. The van der Waals surface area contributed by atoms with Crippen molar-refractivity contribution in [1.82, 2.24) is 5.32 Å². The molecule has 0 rings (SSSR count). The molecule has 0 saturated heterocycles. The Kier molecular flexibility index (Phi) is 18.3. The number of rotatable bonds is 11. The highest BCUT2D eigenvalue weighted by molar-refractivity contribution is 8.76. The molecule has 0 heterocycles. The van der Waals surface area contributed by atoms with Gasteiger partial charge in [0.2, 0.25) is 5.91 Å². The first kappa shape index (κ1) is 23.4. The van der Waals surface area contributed by atoms with Gasteiger partial charge in [0.05, 0.1) is 6.61 Å². The van der Waals surface area contributed by atoms with E-state index in [4.69, 9.17) is 10.5 Å². The van der Waals surface area contributed by atoms with Gasteiger partial charge in [0, 0.05) is 40.5 Å². The van der Waals surface area contributed by atoms with E-state index in [-0.39, 0.29) is 14.2 Å². The first-order valence-corrected chi connectivity index (χ1v) is 10.2. The van der Waals surface area contributed by atoms with Crippen molar-refractivity contribution in [3.63, 3.8) is 0 Å². The van der Waals surface area contributed by atoms with Crippen LogP contribution in [0.3, 0.4) is 0 Å². The predicted molar refractivity (Wildman–Crippen MR) is 102 cm³/mol. The number of hydrogen-bond donors (Lipinski definition) is 2. The van der Waals surface area contributed by atoms with Crippen molar-refractivity contribution in [1.29, 1.82) is 0 Å². The van der Waals surface area contributed by atoms with Crippen molar-refractivity contribution in [2.45, 2.75) is 47.5 Å². The van der Waals surface area contributed by atoms with E-state index in [0.29, 0.717) is 26.1 Å². The van der Waals surface area contributed by atoms with Crippen molar-refractivity contribution in [2.24, 2.45) is 11.1 Å². The molecule has 3 N–H and O–H groups in total. The molecule has 0 aromatic heterocycles. The number of nitrogens with two attached hydrogens (primary N) is 1. The van der Waals surface area contributed by atoms with Crippen molar-refractivity contribution in [3.05, 3.63) is 0 Å². The Morgan fingerprint density at radius 1 is 1.24 bits per heavy atom. The lowest BCUT2D eigenvalue weighted by Gasteiger charge is -2.17. The molecule has 0 radical (unpaired) electrons. The highest BCUT2D eigenvalue weighted by Crippen LogP contribution is 2.20. The molecule has 0 spiro atoms. The molecule has 0 unspecified atom stereocenters. The molecule has 0 aromatic carbocycles. The SMILES string of the molecule is CC.CC(C)(C)COCCCNC(=O)CCSSCCN.[HH].[HH]. The number of ether oxygens (including phenoxy) is 1. The lowest BCUT2D eigenvalue weighted by Crippen LogP contribution is -2.26. The second-order valence-electron chi connectivity index (χ2n) is 5.50. The van der Waals surface area contributed by atoms with Gasteiger partial charge in [-0.15, -0.1) is 0 Å². The monoisotopic (exact) mass is 342 g/mol. The predicted octanol–water partition coefficient (Wildman–Crippen LogP) is 3.80. The average molecular weight is 343 g/mol. The van der Waals surface area contributed by atoms with E-state index < -0.39 is 0 Å². The fourth-order valence-corrected chi connectivity index (χ4v) is 3.02. The van der Waals surface area contributed by atoms with Crippen LogP contribution in [0.5, 0.6) is 0 Å². The van der Waals surface area contributed by atoms with Crippen LogP contribution in [-0.4, -0.2) is 43.7 Å². The van der Waals surface area contributed by atoms with E-state index in [1.54, 1.807) is 21.6 Å². The van der Waals surface area contributed by atoms with Gasteiger partial charge in [-0.05, 0) is 11.8 Å². The van der Waals surface area contributed by atoms with E-state index in [1.807, 2.05) is 13.8 Å². The third-order valence-corrected chi connectivity index (χ3v) is 4.46. The van der Waals surface area contributed by atoms with E-state index in [9.17, 15) is 4.79 Å². The molecule has 0 aliphatic carbocycles. The maximum atomic E-state index is 11.5. The Morgan fingerprint density at radius 3 is 2.43 bits per heavy atom. The number of nitrogens with one attached hydrogen (secondary N) is 1. The Morgan fingerprint density at radius 2 is 1.86 bits per heavy atom. The van der Waals surface area contributed by atoms with E-state index in [2.05, 4.69) is 26.1 Å². The third-order valence-electron chi connectivity index (χ3n) is 2.02. The maximum absolute atomic E-state index is 11.5. The quantitative estimate of drug-likeness (QED) is 0.441. The number of carbonyl (C=O) groups excluding carboxylic acids is 1. The molecule has 1 amide bonds. The summed E-state index contributed by atoms with van der Waals surface area (Å²) in [6.45, 7) is 13.3. The van der Waals surface area contributed by atoms with Crippen LogP contribution in [0.15, 0.2) is 0 Å². The molecule has 0 saturated carbocycles. The van der Waals surface area contributed by atoms with Gasteiger partial charge in [-0.1, -0.05) is 56.2 Å². The maximum Gasteiger partial charge on any atom is 0.220 e. The standard InChI is InChI=1S/C13H28N2O2S2.C2H6.2H2/c1-13(2,3)11-17-8-4-7-15-12(16)5-9-18-19-10-6-14;1-2;;/h4-11,14H2,1-3H3,(H,15,16);1-2H3;2*1H. The molecule has 4 nitrogen and oxygen atoms in total. The Hall–Kier alpha value is 0.0900. The zero-order valence-electron chi connectivity index (χ0n) is 14.4. The van der Waals surface area contributed by atoms with Crippen molar-refractivity contribution < 1.29 is 12.4 Å². The lowest BCUT2D eigenvalue weighted by molar-refractivity contribution is -0.120. The molecule has 6 heteroatoms. The summed E-state index contributed by atoms with van der Waals surface area (Å²) in [7, 11) is 3.43. The summed E-state index contributed by atoms with van der Waals surface area (Å²) in [5.74, 6) is 1.91. The summed E-state index contributed by atoms with van der Waals surface area (Å²) in [6.07, 6.45) is 1.45. The summed E-state index contributed by atoms with van der Waals surface area (Å²) in [5.41, 5.74) is 5.59. The highest BCUT2D eigenvalue weighted by atomic mass is 33.1. The lowest BCUT2D eigenvalue weighted by atomic mass is 9.99. The van der Waals surface area contributed by atoms with Gasteiger partial charge >= 0.3 is 0 Å². The van der Waals surface area contributed by atoms with Gasteiger partial charge in [-0.2, -0.15) is 0 Å². The number of hydrogen-bond acceptors (Lipinski definition) is 5. The summed E-state index contributed by atoms with van der Waals surface area (Å²) < 4.78 is 5.53. The molecular formula is C15H38N2O2S2. The van der Waals surface area contributed by atoms with Crippen LogP contribution in [0.2, 0.25) is 0 Å². The Labute approximate surface area is 142 Å². The van der Waals surface area contributed by atoms with Gasteiger partial charge < -0.3 is 15.8 Å². The zero-order valence-corrected chi connectivity index (χ0v) is 16.0. The van der Waals surface area contributed by atoms with Crippen molar-refractivity contribution in [2.75, 3.05) is 37.8 Å². The largest absolute Gasteiger partial charge is 0.381 e. The molecule has 0 atom stereocenters. The molecule has 0 aliphatic rings. The van der Waals surface area contributed by atoms with Crippen LogP contribution in [0.25, 0.3) is 0 Å². The summed E-state index contributed by atoms with van der Waals surface area (Å²) in [5, 5.41) is 2.90. The first-order chi connectivity index (χ1) is 9.95. The van der Waals surface area contributed by atoms with Crippen molar-refractivity contribution in [3.8, 4) is 0 Å². The summed E-state index contributed by atoms with van der Waals surface area (Å²) >= 11 is 0. The summed E-state index contributed by atoms with van der Waals surface area (Å²) in [6, 6.07) is 0. The molecular weight excluding hydrogens is 304 g/mol. The van der Waals surface area contributed by atoms with Crippen LogP contribution in [0.1, 0.15) is 50.3 Å². The third kappa shape index (κ3) is 22.5. The number of carbonyl (C=O) groups is 1. The second kappa shape index (κ2) is 16.5. The molecule has 0 bridgehead atoms. The topological polar surface area (TPSA) is 64.3 Å². The van der Waals surface area contributed by atoms with Crippen molar-refractivity contribution >= 4 is 27.5 Å². The zero-order chi connectivity index (χ0) is 16.6. The molecule has 21 heavy (non-hydrogen) atoms. The van der Waals surface area contributed by atoms with Crippen LogP contribution in [-0.2, 0) is 9.53 Å². The molecule has 0 aromatic rings. The highest BCUT2D eigenvalue weighted by Gasteiger charge is 2.09.